The molecule has 2 aromatic rings. The molecule has 1 unspecified atom stereocenters. The summed E-state index contributed by atoms with van der Waals surface area (Å²) in [7, 11) is 4.67. The van der Waals surface area contributed by atoms with Crippen LogP contribution in [0.25, 0.3) is 0 Å². The molecular weight excluding hydrogens is 336 g/mol. The van der Waals surface area contributed by atoms with Gasteiger partial charge in [0.15, 0.2) is 0 Å². The number of hydrogen-bond acceptors (Lipinski definition) is 5. The molecule has 7 nitrogen and oxygen atoms in total. The van der Waals surface area contributed by atoms with Gasteiger partial charge in [0.05, 0.1) is 27.4 Å². The van der Waals surface area contributed by atoms with Crippen LogP contribution in [0.4, 0.5) is 4.79 Å². The van der Waals surface area contributed by atoms with Gasteiger partial charge in [-0.25, -0.2) is 4.79 Å². The summed E-state index contributed by atoms with van der Waals surface area (Å²) >= 11 is 0. The average Bonchev–Trinajstić information content (AvgIpc) is 2.69. The minimum Gasteiger partial charge on any atom is -0.497 e. The molecule has 0 saturated carbocycles. The van der Waals surface area contributed by atoms with E-state index in [9.17, 15) is 9.90 Å². The number of benzene rings is 2. The fourth-order valence-electron chi connectivity index (χ4n) is 2.36. The Hall–Kier alpha value is -2.93. The third-order valence-electron chi connectivity index (χ3n) is 3.80. The van der Waals surface area contributed by atoms with Crippen molar-refractivity contribution in [3.63, 3.8) is 0 Å². The lowest BCUT2D eigenvalue weighted by molar-refractivity contribution is 0.172. The van der Waals surface area contributed by atoms with Crippen LogP contribution in [-0.4, -0.2) is 39.0 Å². The van der Waals surface area contributed by atoms with Crippen LogP contribution in [0.3, 0.4) is 0 Å². The van der Waals surface area contributed by atoms with Crippen LogP contribution in [0.2, 0.25) is 0 Å². The Balaban J connectivity index is 1.86. The van der Waals surface area contributed by atoms with Gasteiger partial charge in [-0.05, 0) is 35.4 Å². The highest BCUT2D eigenvalue weighted by Crippen LogP contribution is 2.26. The third kappa shape index (κ3) is 5.56. The number of carbonyl (C=O) groups excluding carboxylic acids is 1. The van der Waals surface area contributed by atoms with Crippen molar-refractivity contribution in [1.82, 2.24) is 10.6 Å². The monoisotopic (exact) mass is 360 g/mol. The fraction of sp³-hybridized carbons (Fsp3) is 0.316. The molecule has 1 atom stereocenters. The Morgan fingerprint density at radius 3 is 2.23 bits per heavy atom. The molecule has 2 rings (SSSR count). The van der Waals surface area contributed by atoms with Gasteiger partial charge in [-0.15, -0.1) is 0 Å². The fourth-order valence-corrected chi connectivity index (χ4v) is 2.36. The normalized spacial score (nSPS) is 11.4. The minimum absolute atomic E-state index is 0.0558. The molecule has 0 aromatic heterocycles. The van der Waals surface area contributed by atoms with Crippen LogP contribution in [0.5, 0.6) is 17.2 Å². The number of ether oxygens (including phenoxy) is 3. The van der Waals surface area contributed by atoms with Crippen molar-refractivity contribution in [1.29, 1.82) is 0 Å². The summed E-state index contributed by atoms with van der Waals surface area (Å²) in [5, 5.41) is 15.7. The summed E-state index contributed by atoms with van der Waals surface area (Å²) < 4.78 is 15.5. The van der Waals surface area contributed by atoms with E-state index in [4.69, 9.17) is 14.2 Å². The molecule has 3 N–H and O–H groups in total. The second kappa shape index (κ2) is 9.53. The van der Waals surface area contributed by atoms with E-state index in [1.807, 2.05) is 24.3 Å². The summed E-state index contributed by atoms with van der Waals surface area (Å²) in [5.41, 5.74) is 1.51. The molecule has 0 heterocycles. The highest BCUT2D eigenvalue weighted by atomic mass is 16.5. The van der Waals surface area contributed by atoms with E-state index in [0.29, 0.717) is 23.6 Å². The summed E-state index contributed by atoms with van der Waals surface area (Å²) in [6.45, 7) is 0.409. The molecule has 7 heteroatoms. The van der Waals surface area contributed by atoms with Crippen LogP contribution < -0.4 is 24.8 Å². The zero-order valence-corrected chi connectivity index (χ0v) is 15.1. The van der Waals surface area contributed by atoms with Crippen molar-refractivity contribution < 1.29 is 24.1 Å². The van der Waals surface area contributed by atoms with Crippen LogP contribution >= 0.6 is 0 Å². The van der Waals surface area contributed by atoms with E-state index in [-0.39, 0.29) is 12.6 Å². The first kappa shape index (κ1) is 19.4. The Bertz CT molecular complexity index is 713. The highest BCUT2D eigenvalue weighted by Gasteiger charge is 2.12. The van der Waals surface area contributed by atoms with Gasteiger partial charge < -0.3 is 30.0 Å². The molecular formula is C19H24N2O5. The molecule has 0 aliphatic heterocycles. The summed E-state index contributed by atoms with van der Waals surface area (Å²) in [5.74, 6) is 1.87. The van der Waals surface area contributed by atoms with Gasteiger partial charge >= 0.3 is 6.03 Å². The van der Waals surface area contributed by atoms with E-state index >= 15 is 0 Å². The first-order valence-corrected chi connectivity index (χ1v) is 8.11. The second-order valence-electron chi connectivity index (χ2n) is 5.58. The van der Waals surface area contributed by atoms with Crippen LogP contribution in [0, 0.1) is 0 Å². The van der Waals surface area contributed by atoms with E-state index in [2.05, 4.69) is 10.6 Å². The average molecular weight is 360 g/mol. The lowest BCUT2D eigenvalue weighted by Crippen LogP contribution is -2.37. The molecule has 2 amide bonds. The molecule has 0 bridgehead atoms. The zero-order chi connectivity index (χ0) is 18.9. The predicted octanol–water partition coefficient (Wildman–Crippen LogP) is 2.25. The molecule has 0 aliphatic rings. The summed E-state index contributed by atoms with van der Waals surface area (Å²) in [6, 6.07) is 12.2. The van der Waals surface area contributed by atoms with Crippen molar-refractivity contribution in [3.8, 4) is 17.2 Å². The molecule has 0 aliphatic carbocycles. The molecule has 26 heavy (non-hydrogen) atoms. The number of hydrogen-bond donors (Lipinski definition) is 3. The first-order chi connectivity index (χ1) is 12.5. The number of methoxy groups -OCH3 is 3. The van der Waals surface area contributed by atoms with E-state index in [0.717, 1.165) is 11.3 Å². The number of urea groups is 1. The number of rotatable bonds is 8. The van der Waals surface area contributed by atoms with Gasteiger partial charge in [-0.2, -0.15) is 0 Å². The van der Waals surface area contributed by atoms with Gasteiger partial charge in [-0.1, -0.05) is 12.1 Å². The number of carbonyl (C=O) groups is 1. The van der Waals surface area contributed by atoms with E-state index in [1.165, 1.54) is 14.2 Å². The standard InChI is InChI=1S/C19H24N2O5/c1-24-15-6-4-5-13(7-15)11-20-19(23)21-12-18(22)14-8-16(25-2)10-17(9-14)26-3/h4-10,18,22H,11-12H2,1-3H3,(H2,20,21,23). The predicted molar refractivity (Wildman–Crippen MR) is 97.7 cm³/mol. The molecule has 0 fully saturated rings. The van der Waals surface area contributed by atoms with Crippen LogP contribution in [-0.2, 0) is 6.54 Å². The Labute approximate surface area is 152 Å². The molecule has 0 radical (unpaired) electrons. The quantitative estimate of drug-likeness (QED) is 0.672. The maximum absolute atomic E-state index is 11.9. The second-order valence-corrected chi connectivity index (χ2v) is 5.58. The summed E-state index contributed by atoms with van der Waals surface area (Å²) in [4.78, 5) is 11.9. The topological polar surface area (TPSA) is 89.1 Å². The molecule has 140 valence electrons. The van der Waals surface area contributed by atoms with Crippen molar-refractivity contribution in [3.05, 3.63) is 53.6 Å². The van der Waals surface area contributed by atoms with Gasteiger partial charge in [-0.3, -0.25) is 0 Å². The van der Waals surface area contributed by atoms with E-state index in [1.54, 1.807) is 25.3 Å². The van der Waals surface area contributed by atoms with Crippen molar-refractivity contribution in [2.24, 2.45) is 0 Å². The van der Waals surface area contributed by atoms with Crippen LogP contribution in [0.1, 0.15) is 17.2 Å². The Morgan fingerprint density at radius 2 is 1.62 bits per heavy atom. The highest BCUT2D eigenvalue weighted by molar-refractivity contribution is 5.73. The molecule has 2 aromatic carbocycles. The van der Waals surface area contributed by atoms with Crippen molar-refractivity contribution >= 4 is 6.03 Å². The van der Waals surface area contributed by atoms with Gasteiger partial charge in [0.25, 0.3) is 0 Å². The number of amides is 2. The van der Waals surface area contributed by atoms with Crippen LogP contribution in [0.15, 0.2) is 42.5 Å². The number of nitrogens with one attached hydrogen (secondary N) is 2. The van der Waals surface area contributed by atoms with E-state index < -0.39 is 6.10 Å². The van der Waals surface area contributed by atoms with Gasteiger partial charge in [0, 0.05) is 19.2 Å². The maximum Gasteiger partial charge on any atom is 0.315 e. The lowest BCUT2D eigenvalue weighted by Gasteiger charge is -2.15. The molecule has 0 spiro atoms. The van der Waals surface area contributed by atoms with Crippen molar-refractivity contribution in [2.45, 2.75) is 12.6 Å². The SMILES string of the molecule is COc1cccc(CNC(=O)NCC(O)c2cc(OC)cc(OC)c2)c1. The third-order valence-corrected chi connectivity index (χ3v) is 3.80. The minimum atomic E-state index is -0.887. The Morgan fingerprint density at radius 1 is 0.962 bits per heavy atom. The number of aliphatic hydroxyl groups is 1. The Kier molecular flexibility index (Phi) is 7.11. The smallest absolute Gasteiger partial charge is 0.315 e. The first-order valence-electron chi connectivity index (χ1n) is 8.11. The summed E-state index contributed by atoms with van der Waals surface area (Å²) in [6.07, 6.45) is -0.887. The zero-order valence-electron chi connectivity index (χ0n) is 15.1. The molecule has 0 saturated heterocycles. The largest absolute Gasteiger partial charge is 0.497 e. The number of aliphatic hydroxyl groups excluding tert-OH is 1. The van der Waals surface area contributed by atoms with Crippen molar-refractivity contribution in [2.75, 3.05) is 27.9 Å². The lowest BCUT2D eigenvalue weighted by atomic mass is 10.1. The van der Waals surface area contributed by atoms with Gasteiger partial charge in [0.2, 0.25) is 0 Å². The van der Waals surface area contributed by atoms with Gasteiger partial charge in [0.1, 0.15) is 17.2 Å². The maximum atomic E-state index is 11.9.